The Hall–Kier alpha value is -0.740. The van der Waals surface area contributed by atoms with E-state index < -0.39 is 5.60 Å². The van der Waals surface area contributed by atoms with Gasteiger partial charge in [-0.05, 0) is 50.2 Å². The van der Waals surface area contributed by atoms with Gasteiger partial charge in [0.05, 0.1) is 10.6 Å². The fourth-order valence-electron chi connectivity index (χ4n) is 2.17. The molecule has 0 radical (unpaired) electrons. The van der Waals surface area contributed by atoms with Crippen molar-refractivity contribution in [3.63, 3.8) is 0 Å². The Balaban J connectivity index is 2.26. The summed E-state index contributed by atoms with van der Waals surface area (Å²) in [6.45, 7) is 1.90. The molecule has 0 amide bonds. The molecule has 0 bridgehead atoms. The quantitative estimate of drug-likeness (QED) is 0.742. The summed E-state index contributed by atoms with van der Waals surface area (Å²) in [6.07, 6.45) is 3.85. The van der Waals surface area contributed by atoms with Crippen molar-refractivity contribution in [1.82, 2.24) is 4.37 Å². The topological polar surface area (TPSA) is 39.2 Å². The number of hydrogen-bond acceptors (Lipinski definition) is 4. The molecule has 0 unspecified atom stereocenters. The van der Waals surface area contributed by atoms with Gasteiger partial charge in [0.2, 0.25) is 5.78 Å². The Labute approximate surface area is 93.6 Å². The first-order valence-corrected chi connectivity index (χ1v) is 5.98. The first kappa shape index (κ1) is 10.8. The maximum absolute atomic E-state index is 12.3. The fraction of sp³-hybridized carbons (Fsp3) is 0.636. The van der Waals surface area contributed by atoms with Gasteiger partial charge in [-0.25, -0.2) is 0 Å². The molecule has 1 aliphatic rings. The number of Topliss-reactive ketones (excluding diaryl/α,β-unsaturated/α-hetero) is 1. The smallest absolute Gasteiger partial charge is 0.206 e. The lowest BCUT2D eigenvalue weighted by Gasteiger charge is -2.24. The third-order valence-electron chi connectivity index (χ3n) is 3.07. The van der Waals surface area contributed by atoms with Crippen LogP contribution < -0.4 is 0 Å². The molecule has 0 spiro atoms. The standard InChI is InChI=1S/C11H15NO2S/c1-8-7-9(15-12-8)10(13)11(14-2)5-3-4-6-11/h7H,3-6H2,1-2H3. The maximum Gasteiger partial charge on any atom is 0.206 e. The summed E-state index contributed by atoms with van der Waals surface area (Å²) in [5, 5.41) is 0. The summed E-state index contributed by atoms with van der Waals surface area (Å²) in [5.74, 6) is 0.119. The molecule has 0 saturated heterocycles. The molecule has 82 valence electrons. The zero-order valence-electron chi connectivity index (χ0n) is 9.08. The fourth-order valence-corrected chi connectivity index (χ4v) is 2.95. The van der Waals surface area contributed by atoms with Crippen molar-refractivity contribution >= 4 is 17.3 Å². The van der Waals surface area contributed by atoms with Gasteiger partial charge in [-0.2, -0.15) is 4.37 Å². The minimum atomic E-state index is -0.557. The minimum Gasteiger partial charge on any atom is -0.370 e. The van der Waals surface area contributed by atoms with Crippen molar-refractivity contribution in [1.29, 1.82) is 0 Å². The largest absolute Gasteiger partial charge is 0.370 e. The summed E-state index contributed by atoms with van der Waals surface area (Å²) in [5.41, 5.74) is 0.353. The molecule has 0 aliphatic heterocycles. The number of aryl methyl sites for hydroxylation is 1. The highest BCUT2D eigenvalue weighted by Crippen LogP contribution is 2.36. The Morgan fingerprint density at radius 3 is 2.67 bits per heavy atom. The van der Waals surface area contributed by atoms with Crippen LogP contribution in [0.25, 0.3) is 0 Å². The van der Waals surface area contributed by atoms with E-state index >= 15 is 0 Å². The second-order valence-corrected chi connectivity index (χ2v) is 4.87. The Bertz CT molecular complexity index is 366. The molecule has 1 fully saturated rings. The average Bonchev–Trinajstić information content (AvgIpc) is 2.86. The highest BCUT2D eigenvalue weighted by molar-refractivity contribution is 7.08. The molecule has 1 aliphatic carbocycles. The number of carbonyl (C=O) groups is 1. The first-order valence-electron chi connectivity index (χ1n) is 5.21. The van der Waals surface area contributed by atoms with Crippen LogP contribution in [0.2, 0.25) is 0 Å². The Morgan fingerprint density at radius 1 is 1.53 bits per heavy atom. The van der Waals surface area contributed by atoms with Crippen LogP contribution in [0.5, 0.6) is 0 Å². The van der Waals surface area contributed by atoms with Gasteiger partial charge >= 0.3 is 0 Å². The van der Waals surface area contributed by atoms with Gasteiger partial charge in [0, 0.05) is 7.11 Å². The van der Waals surface area contributed by atoms with E-state index in [2.05, 4.69) is 4.37 Å². The first-order chi connectivity index (χ1) is 7.18. The van der Waals surface area contributed by atoms with Gasteiger partial charge in [-0.3, -0.25) is 4.79 Å². The van der Waals surface area contributed by atoms with E-state index in [1.807, 2.05) is 13.0 Å². The van der Waals surface area contributed by atoms with Crippen molar-refractivity contribution in [2.24, 2.45) is 0 Å². The summed E-state index contributed by atoms with van der Waals surface area (Å²) in [4.78, 5) is 13.0. The van der Waals surface area contributed by atoms with Crippen LogP contribution in [0.1, 0.15) is 41.0 Å². The lowest BCUT2D eigenvalue weighted by molar-refractivity contribution is 0.00638. The molecule has 0 atom stereocenters. The van der Waals surface area contributed by atoms with E-state index in [0.29, 0.717) is 0 Å². The summed E-state index contributed by atoms with van der Waals surface area (Å²) >= 11 is 1.28. The SMILES string of the molecule is COC1(C(=O)c2cc(C)ns2)CCCC1. The second kappa shape index (κ2) is 4.02. The summed E-state index contributed by atoms with van der Waals surface area (Å²) in [6, 6.07) is 1.85. The number of aromatic nitrogens is 1. The third-order valence-corrected chi connectivity index (χ3v) is 3.95. The second-order valence-electron chi connectivity index (χ2n) is 4.07. The minimum absolute atomic E-state index is 0.119. The molecular weight excluding hydrogens is 210 g/mol. The lowest BCUT2D eigenvalue weighted by atomic mass is 9.95. The third kappa shape index (κ3) is 1.84. The number of ketones is 1. The molecule has 0 N–H and O–H groups in total. The van der Waals surface area contributed by atoms with Crippen molar-refractivity contribution < 1.29 is 9.53 Å². The van der Waals surface area contributed by atoms with Gasteiger partial charge < -0.3 is 4.74 Å². The Morgan fingerprint density at radius 2 is 2.20 bits per heavy atom. The van der Waals surface area contributed by atoms with E-state index in [1.165, 1.54) is 11.5 Å². The molecule has 1 aromatic heterocycles. The van der Waals surface area contributed by atoms with Gasteiger partial charge in [0.15, 0.2) is 0 Å². The van der Waals surface area contributed by atoms with Gasteiger partial charge in [0.1, 0.15) is 5.60 Å². The number of nitrogens with zero attached hydrogens (tertiary/aromatic N) is 1. The van der Waals surface area contributed by atoms with E-state index in [9.17, 15) is 4.79 Å². The van der Waals surface area contributed by atoms with Crippen LogP contribution in [-0.4, -0.2) is 22.9 Å². The van der Waals surface area contributed by atoms with E-state index in [1.54, 1.807) is 7.11 Å². The number of rotatable bonds is 3. The highest BCUT2D eigenvalue weighted by atomic mass is 32.1. The lowest BCUT2D eigenvalue weighted by Crippen LogP contribution is -2.37. The van der Waals surface area contributed by atoms with Crippen LogP contribution in [0.15, 0.2) is 6.07 Å². The van der Waals surface area contributed by atoms with Crippen molar-refractivity contribution in [3.05, 3.63) is 16.6 Å². The number of ether oxygens (including phenoxy) is 1. The molecule has 1 heterocycles. The predicted molar refractivity (Wildman–Crippen MR) is 59.4 cm³/mol. The van der Waals surface area contributed by atoms with Crippen LogP contribution in [0, 0.1) is 6.92 Å². The normalized spacial score (nSPS) is 19.3. The maximum atomic E-state index is 12.3. The zero-order chi connectivity index (χ0) is 10.9. The summed E-state index contributed by atoms with van der Waals surface area (Å²) < 4.78 is 9.59. The monoisotopic (exact) mass is 225 g/mol. The van der Waals surface area contributed by atoms with E-state index in [0.717, 1.165) is 36.3 Å². The van der Waals surface area contributed by atoms with E-state index in [-0.39, 0.29) is 5.78 Å². The van der Waals surface area contributed by atoms with E-state index in [4.69, 9.17) is 4.74 Å². The molecule has 1 aromatic rings. The molecule has 0 aromatic carbocycles. The van der Waals surface area contributed by atoms with Crippen LogP contribution >= 0.6 is 11.5 Å². The number of hydrogen-bond donors (Lipinski definition) is 0. The van der Waals surface area contributed by atoms with Crippen molar-refractivity contribution in [3.8, 4) is 0 Å². The van der Waals surface area contributed by atoms with Gasteiger partial charge in [0.25, 0.3) is 0 Å². The number of carbonyl (C=O) groups excluding carboxylic acids is 1. The van der Waals surface area contributed by atoms with Crippen molar-refractivity contribution in [2.75, 3.05) is 7.11 Å². The van der Waals surface area contributed by atoms with Gasteiger partial charge in [-0.1, -0.05) is 0 Å². The molecule has 1 saturated carbocycles. The van der Waals surface area contributed by atoms with Crippen molar-refractivity contribution in [2.45, 2.75) is 38.2 Å². The summed E-state index contributed by atoms with van der Waals surface area (Å²) in [7, 11) is 1.64. The molecule has 15 heavy (non-hydrogen) atoms. The molecule has 4 heteroatoms. The van der Waals surface area contributed by atoms with Crippen LogP contribution in [0.4, 0.5) is 0 Å². The zero-order valence-corrected chi connectivity index (χ0v) is 9.89. The van der Waals surface area contributed by atoms with Crippen LogP contribution in [0.3, 0.4) is 0 Å². The van der Waals surface area contributed by atoms with Gasteiger partial charge in [-0.15, -0.1) is 0 Å². The number of methoxy groups -OCH3 is 1. The average molecular weight is 225 g/mol. The van der Waals surface area contributed by atoms with Crippen LogP contribution in [-0.2, 0) is 4.74 Å². The molecule has 3 nitrogen and oxygen atoms in total. The molecular formula is C11H15NO2S. The Kier molecular flexibility index (Phi) is 2.89. The molecule has 2 rings (SSSR count). The predicted octanol–water partition coefficient (Wildman–Crippen LogP) is 2.59. The highest BCUT2D eigenvalue weighted by Gasteiger charge is 2.42.